The Kier molecular flexibility index (Phi) is 6.43. The van der Waals surface area contributed by atoms with E-state index in [1.165, 1.54) is 23.1 Å². The van der Waals surface area contributed by atoms with Crippen LogP contribution in [-0.2, 0) is 4.79 Å². The molecule has 0 bridgehead atoms. The zero-order valence-corrected chi connectivity index (χ0v) is 16.1. The minimum atomic E-state index is 0.188. The number of rotatable bonds is 0. The van der Waals surface area contributed by atoms with Crippen molar-refractivity contribution in [2.45, 2.75) is 79.1 Å². The van der Waals surface area contributed by atoms with Crippen molar-refractivity contribution >= 4 is 5.78 Å². The van der Waals surface area contributed by atoms with Gasteiger partial charge in [-0.25, -0.2) is 0 Å². The second kappa shape index (κ2) is 8.14. The van der Waals surface area contributed by atoms with Gasteiger partial charge < -0.3 is 0 Å². The van der Waals surface area contributed by atoms with Crippen LogP contribution in [0.15, 0.2) is 47.1 Å². The van der Waals surface area contributed by atoms with Crippen LogP contribution in [0.4, 0.5) is 0 Å². The summed E-state index contributed by atoms with van der Waals surface area (Å²) in [7, 11) is 0. The maximum Gasteiger partial charge on any atom is 0.158 e. The third-order valence-corrected chi connectivity index (χ3v) is 6.30. The number of Topliss-reactive ketones (excluding diaryl/α,β-unsaturated/α-hetero) is 1. The van der Waals surface area contributed by atoms with Crippen LogP contribution in [0.25, 0.3) is 0 Å². The van der Waals surface area contributed by atoms with Crippen LogP contribution in [0.1, 0.15) is 79.1 Å². The summed E-state index contributed by atoms with van der Waals surface area (Å²) in [5.41, 5.74) is 5.36. The number of allylic oxidation sites excluding steroid dienone is 7. The van der Waals surface area contributed by atoms with E-state index in [1.54, 1.807) is 0 Å². The molecular formula is C23H34O. The highest BCUT2D eigenvalue weighted by molar-refractivity contribution is 5.94. The molecule has 1 heteroatoms. The molecule has 1 nitrogen and oxygen atoms in total. The molecule has 0 aromatic heterocycles. The summed E-state index contributed by atoms with van der Waals surface area (Å²) in [5.74, 6) is 0.923. The maximum absolute atomic E-state index is 12.4. The fraction of sp³-hybridized carbons (Fsp3) is 0.609. The SMILES string of the molecule is C=C1CC[C@@H]2C/C=C(\C)C(=O)CC/C(C)=C/CC/C(C)=C\C[C@@]12C. The predicted molar refractivity (Wildman–Crippen MR) is 104 cm³/mol. The molecule has 0 aliphatic heterocycles. The van der Waals surface area contributed by atoms with Crippen LogP contribution in [0.5, 0.6) is 0 Å². The summed E-state index contributed by atoms with van der Waals surface area (Å²) in [6.07, 6.45) is 15.1. The maximum atomic E-state index is 12.4. The average molecular weight is 327 g/mol. The number of ketones is 1. The molecule has 1 saturated carbocycles. The van der Waals surface area contributed by atoms with Gasteiger partial charge in [0.05, 0.1) is 0 Å². The van der Waals surface area contributed by atoms with Crippen LogP contribution >= 0.6 is 0 Å². The van der Waals surface area contributed by atoms with Crippen molar-refractivity contribution < 1.29 is 4.79 Å². The summed E-state index contributed by atoms with van der Waals surface area (Å²) in [6, 6.07) is 0. The first kappa shape index (κ1) is 19.0. The third kappa shape index (κ3) is 4.59. The van der Waals surface area contributed by atoms with Gasteiger partial charge in [-0.15, -0.1) is 0 Å². The smallest absolute Gasteiger partial charge is 0.158 e. The fourth-order valence-electron chi connectivity index (χ4n) is 4.01. The molecule has 2 aliphatic carbocycles. The van der Waals surface area contributed by atoms with Crippen LogP contribution in [-0.4, -0.2) is 5.78 Å². The molecule has 1 fully saturated rings. The Hall–Kier alpha value is -1.37. The minimum absolute atomic E-state index is 0.188. The van der Waals surface area contributed by atoms with E-state index in [9.17, 15) is 4.79 Å². The van der Waals surface area contributed by atoms with E-state index >= 15 is 0 Å². The molecule has 132 valence electrons. The molecule has 0 spiro atoms. The largest absolute Gasteiger partial charge is 0.295 e. The van der Waals surface area contributed by atoms with Crippen LogP contribution < -0.4 is 0 Å². The number of hydrogen-bond acceptors (Lipinski definition) is 1. The summed E-state index contributed by atoms with van der Waals surface area (Å²) < 4.78 is 0. The van der Waals surface area contributed by atoms with E-state index in [2.05, 4.69) is 45.6 Å². The first-order valence-corrected chi connectivity index (χ1v) is 9.52. The third-order valence-electron chi connectivity index (χ3n) is 6.30. The van der Waals surface area contributed by atoms with Gasteiger partial charge >= 0.3 is 0 Å². The number of hydrogen-bond donors (Lipinski definition) is 0. The van der Waals surface area contributed by atoms with E-state index in [1.807, 2.05) is 6.92 Å². The van der Waals surface area contributed by atoms with Gasteiger partial charge in [0.25, 0.3) is 0 Å². The average Bonchev–Trinajstić information content (AvgIpc) is 2.83. The van der Waals surface area contributed by atoms with Crippen LogP contribution in [0.2, 0.25) is 0 Å². The van der Waals surface area contributed by atoms with Gasteiger partial charge in [0.15, 0.2) is 5.78 Å². The second-order valence-electron chi connectivity index (χ2n) is 8.15. The van der Waals surface area contributed by atoms with Crippen LogP contribution in [0.3, 0.4) is 0 Å². The van der Waals surface area contributed by atoms with E-state index < -0.39 is 0 Å². The van der Waals surface area contributed by atoms with Gasteiger partial charge in [-0.3, -0.25) is 4.79 Å². The van der Waals surface area contributed by atoms with Crippen molar-refractivity contribution in [3.05, 3.63) is 47.1 Å². The predicted octanol–water partition coefficient (Wildman–Crippen LogP) is 6.72. The topological polar surface area (TPSA) is 17.1 Å². The summed E-state index contributed by atoms with van der Waals surface area (Å²) in [5, 5.41) is 0. The number of carbonyl (C=O) groups is 1. The van der Waals surface area contributed by atoms with Gasteiger partial charge in [0.1, 0.15) is 0 Å². The second-order valence-corrected chi connectivity index (χ2v) is 8.15. The van der Waals surface area contributed by atoms with Gasteiger partial charge in [-0.2, -0.15) is 0 Å². The van der Waals surface area contributed by atoms with Gasteiger partial charge in [0.2, 0.25) is 0 Å². The van der Waals surface area contributed by atoms with Crippen molar-refractivity contribution in [1.29, 1.82) is 0 Å². The van der Waals surface area contributed by atoms with Crippen LogP contribution in [0, 0.1) is 11.3 Å². The Labute approximate surface area is 148 Å². The van der Waals surface area contributed by atoms with Crippen molar-refractivity contribution in [2.75, 3.05) is 0 Å². The summed E-state index contributed by atoms with van der Waals surface area (Å²) in [6.45, 7) is 13.1. The molecular weight excluding hydrogens is 292 g/mol. The lowest BCUT2D eigenvalue weighted by atomic mass is 9.73. The Morgan fingerprint density at radius 3 is 2.46 bits per heavy atom. The molecule has 0 amide bonds. The Morgan fingerprint density at radius 1 is 1.00 bits per heavy atom. The standard InChI is InChI=1S/C23H34O/c1-17-7-6-8-18(2)15-16-23(5)20(4)11-13-21(23)12-10-19(3)22(24)14-9-17/h7,10,15,21H,4,6,8-9,11-14,16H2,1-3,5H3/b17-7+,18-15-,19-10+/t21-,23-/m0/s1. The Morgan fingerprint density at radius 2 is 1.71 bits per heavy atom. The molecule has 2 rings (SSSR count). The molecule has 0 N–H and O–H groups in total. The van der Waals surface area contributed by atoms with Crippen molar-refractivity contribution in [2.24, 2.45) is 11.3 Å². The molecule has 24 heavy (non-hydrogen) atoms. The summed E-state index contributed by atoms with van der Waals surface area (Å²) in [4.78, 5) is 12.4. The highest BCUT2D eigenvalue weighted by Gasteiger charge is 2.40. The first-order valence-electron chi connectivity index (χ1n) is 9.52. The zero-order valence-electron chi connectivity index (χ0n) is 16.1. The monoisotopic (exact) mass is 326 g/mol. The van der Waals surface area contributed by atoms with E-state index in [0.717, 1.165) is 44.1 Å². The fourth-order valence-corrected chi connectivity index (χ4v) is 4.01. The normalized spacial score (nSPS) is 37.2. The highest BCUT2D eigenvalue weighted by Crippen LogP contribution is 2.51. The minimum Gasteiger partial charge on any atom is -0.295 e. The molecule has 2 aliphatic rings. The van der Waals surface area contributed by atoms with Crippen molar-refractivity contribution in [1.82, 2.24) is 0 Å². The molecule has 0 radical (unpaired) electrons. The van der Waals surface area contributed by atoms with Crippen molar-refractivity contribution in [3.8, 4) is 0 Å². The van der Waals surface area contributed by atoms with E-state index in [0.29, 0.717) is 18.1 Å². The zero-order chi connectivity index (χ0) is 17.7. The first-order chi connectivity index (χ1) is 11.3. The lowest BCUT2D eigenvalue weighted by Gasteiger charge is -2.32. The quantitative estimate of drug-likeness (QED) is 0.451. The highest BCUT2D eigenvalue weighted by atomic mass is 16.1. The molecule has 0 aromatic carbocycles. The van der Waals surface area contributed by atoms with Gasteiger partial charge in [-0.1, -0.05) is 48.5 Å². The molecule has 0 unspecified atom stereocenters. The number of fused-ring (bicyclic) bond motifs is 1. The van der Waals surface area contributed by atoms with Crippen molar-refractivity contribution in [3.63, 3.8) is 0 Å². The molecule has 0 aromatic rings. The number of carbonyl (C=O) groups excluding carboxylic acids is 1. The van der Waals surface area contributed by atoms with Gasteiger partial charge in [0, 0.05) is 6.42 Å². The molecule has 0 heterocycles. The Bertz CT molecular complexity index is 587. The van der Waals surface area contributed by atoms with E-state index in [-0.39, 0.29) is 5.41 Å². The van der Waals surface area contributed by atoms with Gasteiger partial charge in [-0.05, 0) is 82.6 Å². The lowest BCUT2D eigenvalue weighted by Crippen LogP contribution is -2.22. The lowest BCUT2D eigenvalue weighted by molar-refractivity contribution is -0.115. The van der Waals surface area contributed by atoms with E-state index in [4.69, 9.17) is 0 Å². The molecule has 2 atom stereocenters. The Balaban J connectivity index is 2.25. The summed E-state index contributed by atoms with van der Waals surface area (Å²) >= 11 is 0. The molecule has 0 saturated heterocycles.